The molecule has 2 N–H and O–H groups in total. The van der Waals surface area contributed by atoms with Gasteiger partial charge < -0.3 is 19.8 Å². The fourth-order valence-electron chi connectivity index (χ4n) is 5.42. The SMILES string of the molecule is CCC(=O)NC1CCN(Cc2ccc(-c3cc4nccc(Oc5ccc6oc(Nc7ccc(Cl)cc7)nc6c5)c4s3)nc2)CC1. The molecule has 11 heteroatoms. The number of piperidine rings is 1. The molecule has 6 aromatic rings. The molecule has 2 aromatic carbocycles. The highest BCUT2D eigenvalue weighted by Crippen LogP contribution is 2.39. The van der Waals surface area contributed by atoms with Gasteiger partial charge in [0.2, 0.25) is 5.91 Å². The number of benzene rings is 2. The predicted molar refractivity (Wildman–Crippen MR) is 178 cm³/mol. The fourth-order valence-corrected chi connectivity index (χ4v) is 6.58. The van der Waals surface area contributed by atoms with Crippen molar-refractivity contribution in [3.63, 3.8) is 0 Å². The second-order valence-corrected chi connectivity index (χ2v) is 12.5. The Bertz CT molecular complexity index is 1950. The van der Waals surface area contributed by atoms with Crippen molar-refractivity contribution in [2.75, 3.05) is 18.4 Å². The zero-order valence-electron chi connectivity index (χ0n) is 24.6. The molecule has 5 heterocycles. The summed E-state index contributed by atoms with van der Waals surface area (Å²) in [5, 5.41) is 6.94. The summed E-state index contributed by atoms with van der Waals surface area (Å²) in [6.45, 7) is 4.67. The maximum absolute atomic E-state index is 11.7. The van der Waals surface area contributed by atoms with Gasteiger partial charge in [-0.05, 0) is 66.9 Å². The molecule has 0 unspecified atom stereocenters. The van der Waals surface area contributed by atoms with Crippen molar-refractivity contribution in [3.05, 3.63) is 89.7 Å². The molecule has 0 spiro atoms. The molecule has 7 rings (SSSR count). The number of ether oxygens (including phenoxy) is 1. The number of aromatic nitrogens is 3. The number of carbonyl (C=O) groups excluding carboxylic acids is 1. The lowest BCUT2D eigenvalue weighted by molar-refractivity contribution is -0.121. The first-order chi connectivity index (χ1) is 22.0. The number of rotatable bonds is 9. The Hall–Kier alpha value is -4.51. The van der Waals surface area contributed by atoms with Gasteiger partial charge in [0.05, 0.1) is 20.8 Å². The standard InChI is InChI=1S/C34H31ClN6O3S/c1-2-32(42)38-24-12-15-41(16-13-24)20-21-3-9-26(37-19-21)31-18-28-33(45-31)30(11-14-36-28)43-25-8-10-29-27(17-25)40-34(44-29)39-23-6-4-22(35)5-7-23/h3-11,14,17-19,24H,2,12-13,15-16,20H2,1H3,(H,38,42)(H,39,40). The van der Waals surface area contributed by atoms with Crippen molar-refractivity contribution in [1.82, 2.24) is 25.2 Å². The predicted octanol–water partition coefficient (Wildman–Crippen LogP) is 8.18. The number of nitrogens with zero attached hydrogens (tertiary/aromatic N) is 4. The Balaban J connectivity index is 1.02. The summed E-state index contributed by atoms with van der Waals surface area (Å²) in [5.74, 6) is 1.50. The Morgan fingerprint density at radius 1 is 1.04 bits per heavy atom. The fraction of sp³-hybridized carbons (Fsp3) is 0.235. The Kier molecular flexibility index (Phi) is 8.34. The van der Waals surface area contributed by atoms with Gasteiger partial charge in [-0.2, -0.15) is 4.98 Å². The third-order valence-electron chi connectivity index (χ3n) is 7.82. The van der Waals surface area contributed by atoms with E-state index in [0.29, 0.717) is 40.1 Å². The topological polar surface area (TPSA) is 105 Å². The van der Waals surface area contributed by atoms with Crippen LogP contribution < -0.4 is 15.4 Å². The van der Waals surface area contributed by atoms with E-state index in [4.69, 9.17) is 25.7 Å². The molecule has 0 atom stereocenters. The summed E-state index contributed by atoms with van der Waals surface area (Å²) in [5.41, 5.74) is 5.09. The lowest BCUT2D eigenvalue weighted by Gasteiger charge is -2.32. The highest BCUT2D eigenvalue weighted by molar-refractivity contribution is 7.22. The van der Waals surface area contributed by atoms with Gasteiger partial charge in [-0.3, -0.25) is 19.7 Å². The van der Waals surface area contributed by atoms with Crippen LogP contribution in [0.3, 0.4) is 0 Å². The number of fused-ring (bicyclic) bond motifs is 2. The number of amides is 1. The van der Waals surface area contributed by atoms with Crippen LogP contribution in [0.2, 0.25) is 5.02 Å². The van der Waals surface area contributed by atoms with Gasteiger partial charge in [0.25, 0.3) is 6.01 Å². The van der Waals surface area contributed by atoms with E-state index in [-0.39, 0.29) is 11.9 Å². The average molecular weight is 639 g/mol. The van der Waals surface area contributed by atoms with Gasteiger partial charge in [-0.1, -0.05) is 24.6 Å². The van der Waals surface area contributed by atoms with Gasteiger partial charge in [-0.25, -0.2) is 0 Å². The number of carbonyl (C=O) groups is 1. The number of likely N-dealkylation sites (tertiary alicyclic amines) is 1. The third kappa shape index (κ3) is 6.78. The van der Waals surface area contributed by atoms with E-state index in [1.54, 1.807) is 29.7 Å². The van der Waals surface area contributed by atoms with Gasteiger partial charge in [-0.15, -0.1) is 11.3 Å². The summed E-state index contributed by atoms with van der Waals surface area (Å²) in [6.07, 6.45) is 6.20. The van der Waals surface area contributed by atoms with Gasteiger partial charge in [0, 0.05) is 67.3 Å². The van der Waals surface area contributed by atoms with Crippen molar-refractivity contribution in [2.45, 2.75) is 38.8 Å². The van der Waals surface area contributed by atoms with E-state index < -0.39 is 0 Å². The third-order valence-corrected chi connectivity index (χ3v) is 9.23. The first-order valence-electron chi connectivity index (χ1n) is 15.0. The van der Waals surface area contributed by atoms with Crippen LogP contribution in [0.5, 0.6) is 11.5 Å². The van der Waals surface area contributed by atoms with Crippen molar-refractivity contribution >= 4 is 61.9 Å². The van der Waals surface area contributed by atoms with E-state index in [1.165, 1.54) is 5.56 Å². The van der Waals surface area contributed by atoms with E-state index in [2.05, 4.69) is 43.7 Å². The maximum atomic E-state index is 11.7. The minimum Gasteiger partial charge on any atom is -0.456 e. The van der Waals surface area contributed by atoms with Gasteiger partial charge in [0.15, 0.2) is 5.58 Å². The highest BCUT2D eigenvalue weighted by Gasteiger charge is 2.20. The lowest BCUT2D eigenvalue weighted by Crippen LogP contribution is -2.44. The molecule has 9 nitrogen and oxygen atoms in total. The molecule has 1 amide bonds. The molecular formula is C34H31ClN6O3S. The molecule has 0 aliphatic carbocycles. The number of hydrogen-bond acceptors (Lipinski definition) is 9. The summed E-state index contributed by atoms with van der Waals surface area (Å²) in [6, 6.07) is 21.7. The number of thiophene rings is 1. The van der Waals surface area contributed by atoms with E-state index in [9.17, 15) is 4.79 Å². The summed E-state index contributed by atoms with van der Waals surface area (Å²) < 4.78 is 13.1. The van der Waals surface area contributed by atoms with Crippen molar-refractivity contribution in [1.29, 1.82) is 0 Å². The van der Waals surface area contributed by atoms with E-state index in [0.717, 1.165) is 59.0 Å². The molecule has 4 aromatic heterocycles. The molecule has 1 saturated heterocycles. The van der Waals surface area contributed by atoms with Crippen LogP contribution >= 0.6 is 22.9 Å². The number of anilines is 2. The molecule has 228 valence electrons. The van der Waals surface area contributed by atoms with Crippen molar-refractivity contribution in [3.8, 4) is 22.1 Å². The van der Waals surface area contributed by atoms with E-state index >= 15 is 0 Å². The van der Waals surface area contributed by atoms with Crippen LogP contribution in [-0.4, -0.2) is 44.9 Å². The summed E-state index contributed by atoms with van der Waals surface area (Å²) >= 11 is 7.59. The van der Waals surface area contributed by atoms with Crippen LogP contribution in [0.1, 0.15) is 31.7 Å². The highest BCUT2D eigenvalue weighted by atomic mass is 35.5. The maximum Gasteiger partial charge on any atom is 0.300 e. The first-order valence-corrected chi connectivity index (χ1v) is 16.1. The number of hydrogen-bond donors (Lipinski definition) is 2. The molecule has 45 heavy (non-hydrogen) atoms. The van der Waals surface area contributed by atoms with Gasteiger partial charge >= 0.3 is 0 Å². The molecule has 0 saturated carbocycles. The molecule has 1 aliphatic heterocycles. The molecule has 1 aliphatic rings. The Morgan fingerprint density at radius 2 is 1.89 bits per heavy atom. The monoisotopic (exact) mass is 638 g/mol. The van der Waals surface area contributed by atoms with Crippen LogP contribution in [0, 0.1) is 0 Å². The minimum atomic E-state index is 0.134. The van der Waals surface area contributed by atoms with Crippen LogP contribution in [0.15, 0.2) is 83.5 Å². The second-order valence-electron chi connectivity index (χ2n) is 11.0. The number of nitrogens with one attached hydrogen (secondary N) is 2. The quantitative estimate of drug-likeness (QED) is 0.163. The largest absolute Gasteiger partial charge is 0.456 e. The first kappa shape index (κ1) is 29.2. The Labute approximate surface area is 269 Å². The number of oxazole rings is 1. The Morgan fingerprint density at radius 3 is 2.67 bits per heavy atom. The molecule has 0 radical (unpaired) electrons. The number of halogens is 1. The summed E-state index contributed by atoms with van der Waals surface area (Å²) in [4.78, 5) is 29.1. The van der Waals surface area contributed by atoms with Crippen LogP contribution in [0.4, 0.5) is 11.7 Å². The molecule has 0 bridgehead atoms. The molecular weight excluding hydrogens is 608 g/mol. The second kappa shape index (κ2) is 12.8. The minimum absolute atomic E-state index is 0.134. The summed E-state index contributed by atoms with van der Waals surface area (Å²) in [7, 11) is 0. The number of pyridine rings is 2. The van der Waals surface area contributed by atoms with Crippen LogP contribution in [-0.2, 0) is 11.3 Å². The van der Waals surface area contributed by atoms with Crippen LogP contribution in [0.25, 0.3) is 31.9 Å². The zero-order chi connectivity index (χ0) is 30.8. The normalized spacial score (nSPS) is 14.2. The zero-order valence-corrected chi connectivity index (χ0v) is 26.2. The van der Waals surface area contributed by atoms with Gasteiger partial charge in [0.1, 0.15) is 17.0 Å². The van der Waals surface area contributed by atoms with Crippen molar-refractivity contribution in [2.24, 2.45) is 0 Å². The molecule has 1 fully saturated rings. The van der Waals surface area contributed by atoms with E-state index in [1.807, 2.05) is 49.5 Å². The van der Waals surface area contributed by atoms with Crippen molar-refractivity contribution < 1.29 is 13.9 Å². The smallest absolute Gasteiger partial charge is 0.300 e. The lowest BCUT2D eigenvalue weighted by atomic mass is 10.0. The average Bonchev–Trinajstić information content (AvgIpc) is 3.68.